The van der Waals surface area contributed by atoms with E-state index in [4.69, 9.17) is 11.6 Å². The molecule has 2 rings (SSSR count). The summed E-state index contributed by atoms with van der Waals surface area (Å²) in [5, 5.41) is 3.74. The molecule has 1 aromatic carbocycles. The van der Waals surface area contributed by atoms with Crippen LogP contribution >= 0.6 is 11.6 Å². The predicted octanol–water partition coefficient (Wildman–Crippen LogP) is 4.40. The third kappa shape index (κ3) is 4.10. The molecule has 20 heavy (non-hydrogen) atoms. The minimum atomic E-state index is -0.271. The van der Waals surface area contributed by atoms with E-state index in [9.17, 15) is 4.39 Å². The molecule has 2 nitrogen and oxygen atoms in total. The zero-order chi connectivity index (χ0) is 14.5. The topological polar surface area (TPSA) is 15.3 Å². The zero-order valence-electron chi connectivity index (χ0n) is 12.3. The van der Waals surface area contributed by atoms with Crippen LogP contribution in [0.1, 0.15) is 33.1 Å². The Morgan fingerprint density at radius 2 is 2.10 bits per heavy atom. The Bertz CT molecular complexity index is 430. The second-order valence-corrected chi connectivity index (χ2v) is 6.17. The van der Waals surface area contributed by atoms with Gasteiger partial charge in [0.15, 0.2) is 0 Å². The van der Waals surface area contributed by atoms with Crippen molar-refractivity contribution < 1.29 is 4.39 Å². The van der Waals surface area contributed by atoms with Crippen LogP contribution in [0.25, 0.3) is 0 Å². The molecule has 0 aromatic heterocycles. The third-order valence-electron chi connectivity index (χ3n) is 4.19. The Hall–Kier alpha value is -0.800. The summed E-state index contributed by atoms with van der Waals surface area (Å²) in [7, 11) is 0. The summed E-state index contributed by atoms with van der Waals surface area (Å²) < 4.78 is 13.8. The fourth-order valence-corrected chi connectivity index (χ4v) is 3.12. The molecule has 4 heteroatoms. The smallest absolute Gasteiger partial charge is 0.147 e. The van der Waals surface area contributed by atoms with E-state index in [1.165, 1.54) is 31.9 Å². The molecular formula is C16H24ClFN2. The van der Waals surface area contributed by atoms with Crippen LogP contribution in [0.5, 0.6) is 0 Å². The van der Waals surface area contributed by atoms with Crippen molar-refractivity contribution in [2.75, 3.05) is 25.0 Å². The van der Waals surface area contributed by atoms with Gasteiger partial charge in [-0.15, -0.1) is 0 Å². The first kappa shape index (κ1) is 15.6. The first-order chi connectivity index (χ1) is 9.60. The lowest BCUT2D eigenvalue weighted by atomic mass is 9.90. The fourth-order valence-electron chi connectivity index (χ4n) is 2.96. The molecule has 0 saturated carbocycles. The third-order valence-corrected chi connectivity index (χ3v) is 4.43. The fraction of sp³-hybridized carbons (Fsp3) is 0.625. The van der Waals surface area contributed by atoms with Gasteiger partial charge in [0, 0.05) is 11.1 Å². The quantitative estimate of drug-likeness (QED) is 0.866. The van der Waals surface area contributed by atoms with E-state index in [-0.39, 0.29) is 11.9 Å². The number of hydrogen-bond donors (Lipinski definition) is 1. The number of halogens is 2. The van der Waals surface area contributed by atoms with Gasteiger partial charge in [-0.2, -0.15) is 0 Å². The molecule has 0 bridgehead atoms. The summed E-state index contributed by atoms with van der Waals surface area (Å²) in [4.78, 5) is 2.52. The van der Waals surface area contributed by atoms with Gasteiger partial charge in [0.25, 0.3) is 0 Å². The maximum absolute atomic E-state index is 13.8. The van der Waals surface area contributed by atoms with Crippen molar-refractivity contribution in [2.45, 2.75) is 39.2 Å². The van der Waals surface area contributed by atoms with Gasteiger partial charge in [0.2, 0.25) is 0 Å². The summed E-state index contributed by atoms with van der Waals surface area (Å²) >= 11 is 5.77. The van der Waals surface area contributed by atoms with Crippen molar-refractivity contribution in [1.82, 2.24) is 4.90 Å². The molecule has 1 aliphatic heterocycles. The molecule has 112 valence electrons. The lowest BCUT2D eigenvalue weighted by molar-refractivity contribution is 0.176. The molecule has 1 aromatic rings. The molecule has 0 radical (unpaired) electrons. The Balaban J connectivity index is 1.87. The molecular weight excluding hydrogens is 275 g/mol. The van der Waals surface area contributed by atoms with Crippen LogP contribution in [-0.4, -0.2) is 30.6 Å². The van der Waals surface area contributed by atoms with E-state index in [1.807, 2.05) is 0 Å². The number of rotatable bonds is 5. The van der Waals surface area contributed by atoms with Crippen molar-refractivity contribution in [1.29, 1.82) is 0 Å². The van der Waals surface area contributed by atoms with E-state index in [1.54, 1.807) is 12.1 Å². The van der Waals surface area contributed by atoms with Crippen LogP contribution in [-0.2, 0) is 0 Å². The lowest BCUT2D eigenvalue weighted by Gasteiger charge is -2.35. The number of nitrogens with zero attached hydrogens (tertiary/aromatic N) is 1. The second-order valence-electron chi connectivity index (χ2n) is 5.74. The summed E-state index contributed by atoms with van der Waals surface area (Å²) in [6.07, 6.45) is 3.58. The number of hydrogen-bond acceptors (Lipinski definition) is 2. The summed E-state index contributed by atoms with van der Waals surface area (Å²) in [5.41, 5.74) is 0.554. The highest BCUT2D eigenvalue weighted by atomic mass is 35.5. The van der Waals surface area contributed by atoms with Crippen molar-refractivity contribution >= 4 is 17.3 Å². The van der Waals surface area contributed by atoms with Crippen LogP contribution in [0.4, 0.5) is 10.1 Å². The average Bonchev–Trinajstić information content (AvgIpc) is 2.43. The molecule has 0 spiro atoms. The Morgan fingerprint density at radius 3 is 2.70 bits per heavy atom. The Labute approximate surface area is 126 Å². The van der Waals surface area contributed by atoms with Gasteiger partial charge < -0.3 is 10.2 Å². The Kier molecular flexibility index (Phi) is 5.67. The number of nitrogens with one attached hydrogen (secondary N) is 1. The van der Waals surface area contributed by atoms with Gasteiger partial charge in [-0.05, 0) is 69.9 Å². The van der Waals surface area contributed by atoms with Crippen molar-refractivity contribution in [3.05, 3.63) is 29.0 Å². The van der Waals surface area contributed by atoms with Gasteiger partial charge in [0.1, 0.15) is 5.82 Å². The van der Waals surface area contributed by atoms with Crippen molar-refractivity contribution in [2.24, 2.45) is 5.92 Å². The number of piperidine rings is 1. The maximum atomic E-state index is 13.8. The molecule has 1 N–H and O–H groups in total. The molecule has 0 aliphatic carbocycles. The zero-order valence-corrected chi connectivity index (χ0v) is 13.1. The number of likely N-dealkylation sites (tertiary alicyclic amines) is 1. The largest absolute Gasteiger partial charge is 0.380 e. The summed E-state index contributed by atoms with van der Waals surface area (Å²) in [6.45, 7) is 7.88. The summed E-state index contributed by atoms with van der Waals surface area (Å²) in [6, 6.07) is 5.10. The highest BCUT2D eigenvalue weighted by molar-refractivity contribution is 6.30. The molecule has 1 saturated heterocycles. The van der Waals surface area contributed by atoms with Crippen LogP contribution < -0.4 is 5.32 Å². The lowest BCUT2D eigenvalue weighted by Crippen LogP contribution is -2.39. The second kappa shape index (κ2) is 7.28. The first-order valence-corrected chi connectivity index (χ1v) is 7.92. The highest BCUT2D eigenvalue weighted by Gasteiger charge is 2.23. The standard InChI is InChI=1S/C16H24ClFN2/c1-3-8-20-9-6-13(7-10-20)12(2)19-16-5-4-14(17)11-15(16)18/h4-5,11-13,19H,3,6-10H2,1-2H3. The van der Waals surface area contributed by atoms with Gasteiger partial charge in [-0.25, -0.2) is 4.39 Å². The molecule has 1 heterocycles. The van der Waals surface area contributed by atoms with Crippen molar-refractivity contribution in [3.63, 3.8) is 0 Å². The highest BCUT2D eigenvalue weighted by Crippen LogP contribution is 2.25. The minimum Gasteiger partial charge on any atom is -0.380 e. The van der Waals surface area contributed by atoms with Crippen molar-refractivity contribution in [3.8, 4) is 0 Å². The molecule has 1 unspecified atom stereocenters. The van der Waals surface area contributed by atoms with Gasteiger partial charge >= 0.3 is 0 Å². The molecule has 1 aliphatic rings. The predicted molar refractivity (Wildman–Crippen MR) is 83.9 cm³/mol. The number of anilines is 1. The van der Waals surface area contributed by atoms with Crippen LogP contribution in [0.15, 0.2) is 18.2 Å². The first-order valence-electron chi connectivity index (χ1n) is 7.54. The van der Waals surface area contributed by atoms with Gasteiger partial charge in [-0.3, -0.25) is 0 Å². The molecule has 0 amide bonds. The average molecular weight is 299 g/mol. The minimum absolute atomic E-state index is 0.271. The summed E-state index contributed by atoms with van der Waals surface area (Å²) in [5.74, 6) is 0.339. The van der Waals surface area contributed by atoms with Crippen LogP contribution in [0.3, 0.4) is 0 Å². The van der Waals surface area contributed by atoms with Gasteiger partial charge in [-0.1, -0.05) is 18.5 Å². The van der Waals surface area contributed by atoms with E-state index in [2.05, 4.69) is 24.1 Å². The SMILES string of the molecule is CCCN1CCC(C(C)Nc2ccc(Cl)cc2F)CC1. The van der Waals surface area contributed by atoms with E-state index < -0.39 is 0 Å². The molecule has 1 fully saturated rings. The van der Waals surface area contributed by atoms with E-state index in [0.29, 0.717) is 16.6 Å². The monoisotopic (exact) mass is 298 g/mol. The molecule has 1 atom stereocenters. The van der Waals surface area contributed by atoms with E-state index in [0.717, 1.165) is 13.1 Å². The van der Waals surface area contributed by atoms with E-state index >= 15 is 0 Å². The Morgan fingerprint density at radius 1 is 1.40 bits per heavy atom. The van der Waals surface area contributed by atoms with Gasteiger partial charge in [0.05, 0.1) is 5.69 Å². The van der Waals surface area contributed by atoms with Crippen LogP contribution in [0, 0.1) is 11.7 Å². The normalized spacial score (nSPS) is 19.0. The number of benzene rings is 1. The maximum Gasteiger partial charge on any atom is 0.147 e. The van der Waals surface area contributed by atoms with Crippen LogP contribution in [0.2, 0.25) is 5.02 Å².